The van der Waals surface area contributed by atoms with E-state index in [4.69, 9.17) is 18.8 Å². The number of fused-ring (bicyclic) bond motifs is 17. The Labute approximate surface area is 345 Å². The van der Waals surface area contributed by atoms with E-state index in [-0.39, 0.29) is 0 Å². The van der Waals surface area contributed by atoms with Gasteiger partial charge in [0, 0.05) is 42.6 Å². The lowest BCUT2D eigenvalue weighted by molar-refractivity contribution is 0.669. The van der Waals surface area contributed by atoms with Crippen LogP contribution in [0, 0.1) is 0 Å². The number of benzene rings is 9. The first-order valence-electron chi connectivity index (χ1n) is 20.1. The van der Waals surface area contributed by atoms with Crippen molar-refractivity contribution in [2.45, 2.75) is 0 Å². The fraction of sp³-hybridized carbons (Fsp3) is 0. The van der Waals surface area contributed by atoms with Gasteiger partial charge in [-0.3, -0.25) is 4.57 Å². The van der Waals surface area contributed by atoms with Crippen molar-refractivity contribution in [2.75, 3.05) is 0 Å². The Morgan fingerprint density at radius 3 is 2.03 bits per heavy atom. The molecule has 0 bridgehead atoms. The highest BCUT2D eigenvalue weighted by molar-refractivity contribution is 7.26. The van der Waals surface area contributed by atoms with Gasteiger partial charge in [-0.15, -0.1) is 11.3 Å². The van der Waals surface area contributed by atoms with Crippen LogP contribution in [0.2, 0.25) is 0 Å². The highest BCUT2D eigenvalue weighted by Crippen LogP contribution is 2.45. The van der Waals surface area contributed by atoms with Crippen molar-refractivity contribution < 1.29 is 8.83 Å². The molecular formula is C54H29N3O2S. The summed E-state index contributed by atoms with van der Waals surface area (Å²) < 4.78 is 17.9. The molecule has 0 fully saturated rings. The lowest BCUT2D eigenvalue weighted by atomic mass is 9.98. The van der Waals surface area contributed by atoms with Gasteiger partial charge in [-0.1, -0.05) is 121 Å². The van der Waals surface area contributed by atoms with Crippen molar-refractivity contribution in [1.82, 2.24) is 14.5 Å². The maximum atomic E-state index is 6.88. The van der Waals surface area contributed by atoms with Crippen LogP contribution >= 0.6 is 11.3 Å². The molecule has 0 saturated carbocycles. The van der Waals surface area contributed by atoms with Crippen LogP contribution in [0.5, 0.6) is 0 Å². The van der Waals surface area contributed by atoms with E-state index in [1.165, 1.54) is 37.4 Å². The fourth-order valence-electron chi connectivity index (χ4n) is 9.71. The first-order chi connectivity index (χ1) is 29.7. The summed E-state index contributed by atoms with van der Waals surface area (Å²) in [5, 5.41) is 12.4. The van der Waals surface area contributed by atoms with E-state index in [1.807, 2.05) is 0 Å². The van der Waals surface area contributed by atoms with E-state index in [0.29, 0.717) is 5.95 Å². The van der Waals surface area contributed by atoms with Crippen molar-refractivity contribution in [2.24, 2.45) is 0 Å². The summed E-state index contributed by atoms with van der Waals surface area (Å²) in [6, 6.07) is 62.3. The highest BCUT2D eigenvalue weighted by Gasteiger charge is 2.24. The molecule has 6 heteroatoms. The molecule has 0 amide bonds. The summed E-state index contributed by atoms with van der Waals surface area (Å²) in [5.74, 6) is 0.609. The van der Waals surface area contributed by atoms with Gasteiger partial charge in [0.2, 0.25) is 5.95 Å². The number of nitrogens with zero attached hydrogens (tertiary/aromatic N) is 3. The molecule has 0 unspecified atom stereocenters. The predicted molar refractivity (Wildman–Crippen MR) is 250 cm³/mol. The van der Waals surface area contributed by atoms with Crippen LogP contribution in [0.3, 0.4) is 0 Å². The first kappa shape index (κ1) is 32.2. The molecule has 0 radical (unpaired) electrons. The maximum absolute atomic E-state index is 6.88. The summed E-state index contributed by atoms with van der Waals surface area (Å²) in [7, 11) is 0. The topological polar surface area (TPSA) is 57.0 Å². The second kappa shape index (κ2) is 11.9. The average Bonchev–Trinajstić information content (AvgIpc) is 4.07. The zero-order chi connectivity index (χ0) is 39.1. The molecule has 0 aliphatic heterocycles. The van der Waals surface area contributed by atoms with Crippen LogP contribution in [0.15, 0.2) is 185 Å². The highest BCUT2D eigenvalue weighted by atomic mass is 32.1. The van der Waals surface area contributed by atoms with E-state index < -0.39 is 0 Å². The van der Waals surface area contributed by atoms with Crippen LogP contribution in [0.4, 0.5) is 0 Å². The Bertz CT molecular complexity index is 4130. The monoisotopic (exact) mass is 783 g/mol. The second-order valence-corrected chi connectivity index (χ2v) is 16.7. The Morgan fingerprint density at radius 2 is 1.12 bits per heavy atom. The smallest absolute Gasteiger partial charge is 0.235 e. The molecular weight excluding hydrogens is 755 g/mol. The predicted octanol–water partition coefficient (Wildman–Crippen LogP) is 15.4. The Morgan fingerprint density at radius 1 is 0.417 bits per heavy atom. The normalized spacial score (nSPS) is 12.3. The Balaban J connectivity index is 1.02. The van der Waals surface area contributed by atoms with Gasteiger partial charge in [0.1, 0.15) is 22.3 Å². The van der Waals surface area contributed by atoms with E-state index in [0.717, 1.165) is 92.5 Å². The van der Waals surface area contributed by atoms with Gasteiger partial charge in [-0.2, -0.15) is 0 Å². The third kappa shape index (κ3) is 4.40. The number of aromatic nitrogens is 3. The molecule has 278 valence electrons. The van der Waals surface area contributed by atoms with Crippen molar-refractivity contribution in [3.63, 3.8) is 0 Å². The third-order valence-electron chi connectivity index (χ3n) is 12.4. The molecule has 0 spiro atoms. The van der Waals surface area contributed by atoms with E-state index >= 15 is 0 Å². The molecule has 9 aromatic carbocycles. The minimum atomic E-state index is 0.609. The summed E-state index contributed by atoms with van der Waals surface area (Å²) in [5.41, 5.74) is 10.6. The van der Waals surface area contributed by atoms with Gasteiger partial charge >= 0.3 is 0 Å². The average molecular weight is 784 g/mol. The fourth-order valence-corrected chi connectivity index (χ4v) is 10.9. The van der Waals surface area contributed by atoms with E-state index in [9.17, 15) is 0 Å². The Hall–Kier alpha value is -7.80. The van der Waals surface area contributed by atoms with Gasteiger partial charge in [0.05, 0.1) is 32.3 Å². The number of rotatable bonds is 3. The van der Waals surface area contributed by atoms with Crippen LogP contribution in [-0.4, -0.2) is 14.5 Å². The quantitative estimate of drug-likeness (QED) is 0.179. The molecule has 0 saturated heterocycles. The number of furan rings is 2. The van der Waals surface area contributed by atoms with Crippen LogP contribution in [0.1, 0.15) is 0 Å². The molecule has 0 atom stereocenters. The largest absolute Gasteiger partial charge is 0.456 e. The first-order valence-corrected chi connectivity index (χ1v) is 21.0. The van der Waals surface area contributed by atoms with Crippen LogP contribution in [0.25, 0.3) is 136 Å². The van der Waals surface area contributed by atoms with Crippen LogP contribution in [-0.2, 0) is 0 Å². The standard InChI is InChI=1S/C54H29N3O2S/c1-2-10-30(11-3-1)32-18-22-36-33(28-32)21-27-44-48(36)40-24-25-42-49(52(40)59-44)37-14-6-8-16-41(37)57(42)54-55-50(53-51(56-54)39-15-7-9-17-46(39)60-53)34-19-23-38-45(29-34)58-43-26-20-31-12-4-5-13-35(31)47(38)43/h1-29H. The molecule has 5 nitrogen and oxygen atoms in total. The third-order valence-corrected chi connectivity index (χ3v) is 13.6. The Kier molecular flexibility index (Phi) is 6.38. The summed E-state index contributed by atoms with van der Waals surface area (Å²) >= 11 is 1.73. The van der Waals surface area contributed by atoms with Crippen molar-refractivity contribution in [3.8, 4) is 28.3 Å². The van der Waals surface area contributed by atoms with Gasteiger partial charge in [-0.25, -0.2) is 9.97 Å². The molecule has 0 aliphatic rings. The zero-order valence-corrected chi connectivity index (χ0v) is 32.6. The number of para-hydroxylation sites is 1. The molecule has 14 rings (SSSR count). The number of hydrogen-bond donors (Lipinski definition) is 0. The van der Waals surface area contributed by atoms with E-state index in [1.54, 1.807) is 11.3 Å². The van der Waals surface area contributed by atoms with Crippen molar-refractivity contribution >= 4 is 119 Å². The van der Waals surface area contributed by atoms with Crippen LogP contribution < -0.4 is 0 Å². The number of hydrogen-bond acceptors (Lipinski definition) is 5. The van der Waals surface area contributed by atoms with E-state index in [2.05, 4.69) is 180 Å². The summed E-state index contributed by atoms with van der Waals surface area (Å²) in [4.78, 5) is 10.9. The van der Waals surface area contributed by atoms with Gasteiger partial charge in [-0.05, 0) is 87.3 Å². The molecule has 0 N–H and O–H groups in total. The molecule has 0 aliphatic carbocycles. The zero-order valence-electron chi connectivity index (χ0n) is 31.8. The van der Waals surface area contributed by atoms with Crippen molar-refractivity contribution in [1.29, 1.82) is 0 Å². The van der Waals surface area contributed by atoms with Crippen molar-refractivity contribution in [3.05, 3.63) is 176 Å². The minimum absolute atomic E-state index is 0.609. The summed E-state index contributed by atoms with van der Waals surface area (Å²) in [6.45, 7) is 0. The van der Waals surface area contributed by atoms with Gasteiger partial charge in [0.25, 0.3) is 0 Å². The molecule has 5 aromatic heterocycles. The molecule has 5 heterocycles. The second-order valence-electron chi connectivity index (χ2n) is 15.7. The minimum Gasteiger partial charge on any atom is -0.456 e. The SMILES string of the molecule is c1ccc(-c2ccc3c(ccc4oc5c(ccc6c5c5ccccc5n6-c5nc(-c6ccc7c(c6)oc6ccc8ccccc8c67)c6sc7ccccc7c6n5)c43)c2)cc1. The lowest BCUT2D eigenvalue weighted by Crippen LogP contribution is -2.02. The number of thiophene rings is 1. The lowest BCUT2D eigenvalue weighted by Gasteiger charge is -2.10. The maximum Gasteiger partial charge on any atom is 0.235 e. The summed E-state index contributed by atoms with van der Waals surface area (Å²) in [6.07, 6.45) is 0. The van der Waals surface area contributed by atoms with Gasteiger partial charge in [0.15, 0.2) is 0 Å². The molecule has 60 heavy (non-hydrogen) atoms. The molecule has 14 aromatic rings. The van der Waals surface area contributed by atoms with Gasteiger partial charge < -0.3 is 8.83 Å².